The molecule has 0 heterocycles. The monoisotopic (exact) mass is 213 g/mol. The van der Waals surface area contributed by atoms with Gasteiger partial charge in [0.05, 0.1) is 11.8 Å². The number of alkyl halides is 2. The maximum absolute atomic E-state index is 12.6. The van der Waals surface area contributed by atoms with Crippen LogP contribution in [0.4, 0.5) is 8.78 Å². The van der Waals surface area contributed by atoms with E-state index in [9.17, 15) is 17.2 Å². The van der Waals surface area contributed by atoms with Crippen molar-refractivity contribution in [2.45, 2.75) is 37.6 Å². The minimum atomic E-state index is -3.54. The molecule has 13 heavy (non-hydrogen) atoms. The van der Waals surface area contributed by atoms with Gasteiger partial charge in [0.25, 0.3) is 6.43 Å². The summed E-state index contributed by atoms with van der Waals surface area (Å²) >= 11 is 0. The first-order valence-electron chi connectivity index (χ1n) is 4.13. The van der Waals surface area contributed by atoms with Gasteiger partial charge < -0.3 is 0 Å². The van der Waals surface area contributed by atoms with Crippen LogP contribution in [0.5, 0.6) is 0 Å². The standard InChI is InChI=1S/C7H13F2NO2S/c1-13(11,12)10-7(6(8)9)4-2-3-5-7/h6,10H,2-5H2,1H3. The van der Waals surface area contributed by atoms with Crippen molar-refractivity contribution in [1.29, 1.82) is 0 Å². The van der Waals surface area contributed by atoms with Gasteiger partial charge in [-0.25, -0.2) is 21.9 Å². The van der Waals surface area contributed by atoms with Crippen LogP contribution in [0.25, 0.3) is 0 Å². The third kappa shape index (κ3) is 2.60. The summed E-state index contributed by atoms with van der Waals surface area (Å²) in [6.07, 6.45) is 0.0784. The van der Waals surface area contributed by atoms with E-state index in [1.165, 1.54) is 0 Å². The highest BCUT2D eigenvalue weighted by Gasteiger charge is 2.44. The molecule has 3 nitrogen and oxygen atoms in total. The number of halogens is 2. The molecule has 0 atom stereocenters. The zero-order valence-electron chi connectivity index (χ0n) is 7.39. The Morgan fingerprint density at radius 2 is 1.77 bits per heavy atom. The normalized spacial score (nSPS) is 22.5. The average molecular weight is 213 g/mol. The van der Waals surface area contributed by atoms with E-state index < -0.39 is 22.0 Å². The molecule has 0 aromatic rings. The summed E-state index contributed by atoms with van der Waals surface area (Å²) in [7, 11) is -3.54. The smallest absolute Gasteiger partial charge is 0.213 e. The topological polar surface area (TPSA) is 46.2 Å². The van der Waals surface area contributed by atoms with E-state index in [4.69, 9.17) is 0 Å². The highest BCUT2D eigenvalue weighted by Crippen LogP contribution is 2.35. The Hall–Kier alpha value is -0.230. The molecule has 1 fully saturated rings. The third-order valence-electron chi connectivity index (χ3n) is 2.30. The summed E-state index contributed by atoms with van der Waals surface area (Å²) < 4.78 is 49.0. The second-order valence-corrected chi connectivity index (χ2v) is 5.29. The predicted molar refractivity (Wildman–Crippen MR) is 45.2 cm³/mol. The minimum absolute atomic E-state index is 0.234. The molecule has 0 saturated heterocycles. The molecular weight excluding hydrogens is 200 g/mol. The van der Waals surface area contributed by atoms with Crippen LogP contribution in [0.2, 0.25) is 0 Å². The summed E-state index contributed by atoms with van der Waals surface area (Å²) in [5.74, 6) is 0. The first kappa shape index (κ1) is 10.8. The first-order chi connectivity index (χ1) is 5.86. The number of hydrogen-bond donors (Lipinski definition) is 1. The molecule has 0 unspecified atom stereocenters. The Morgan fingerprint density at radius 3 is 2.08 bits per heavy atom. The minimum Gasteiger partial charge on any atom is -0.213 e. The SMILES string of the molecule is CS(=O)(=O)NC1(C(F)F)CCCC1. The highest BCUT2D eigenvalue weighted by molar-refractivity contribution is 7.88. The molecule has 1 N–H and O–H groups in total. The fourth-order valence-electron chi connectivity index (χ4n) is 1.74. The molecular formula is C7H13F2NO2S. The van der Waals surface area contributed by atoms with Crippen LogP contribution in [-0.2, 0) is 10.0 Å². The molecule has 0 radical (unpaired) electrons. The molecule has 0 bridgehead atoms. The van der Waals surface area contributed by atoms with Gasteiger partial charge in [-0.05, 0) is 12.8 Å². The maximum Gasteiger partial charge on any atom is 0.257 e. The molecule has 0 aromatic carbocycles. The van der Waals surface area contributed by atoms with Crippen molar-refractivity contribution in [3.8, 4) is 0 Å². The molecule has 1 aliphatic carbocycles. The molecule has 1 rings (SSSR count). The van der Waals surface area contributed by atoms with Crippen LogP contribution in [0, 0.1) is 0 Å². The summed E-state index contributed by atoms with van der Waals surface area (Å²) in [6.45, 7) is 0. The van der Waals surface area contributed by atoms with Crippen LogP contribution < -0.4 is 4.72 Å². The van der Waals surface area contributed by atoms with E-state index in [1.807, 2.05) is 0 Å². The lowest BCUT2D eigenvalue weighted by molar-refractivity contribution is 0.0473. The maximum atomic E-state index is 12.6. The third-order valence-corrected chi connectivity index (χ3v) is 3.08. The summed E-state index contributed by atoms with van der Waals surface area (Å²) in [5, 5.41) is 0. The van der Waals surface area contributed by atoms with Crippen molar-refractivity contribution in [1.82, 2.24) is 4.72 Å². The van der Waals surface area contributed by atoms with E-state index in [0.717, 1.165) is 6.26 Å². The van der Waals surface area contributed by atoms with Crippen LogP contribution >= 0.6 is 0 Å². The molecule has 0 spiro atoms. The van der Waals surface area contributed by atoms with E-state index in [1.54, 1.807) is 0 Å². The zero-order chi connectivity index (χ0) is 10.1. The number of sulfonamides is 1. The fourth-order valence-corrected chi connectivity index (χ4v) is 2.77. The number of hydrogen-bond acceptors (Lipinski definition) is 2. The number of rotatable bonds is 3. The van der Waals surface area contributed by atoms with Gasteiger partial charge in [0.1, 0.15) is 0 Å². The van der Waals surface area contributed by atoms with Gasteiger partial charge in [0.15, 0.2) is 0 Å². The Bertz CT molecular complexity index is 270. The lowest BCUT2D eigenvalue weighted by atomic mass is 10.0. The van der Waals surface area contributed by atoms with Crippen LogP contribution in [0.3, 0.4) is 0 Å². The lowest BCUT2D eigenvalue weighted by Gasteiger charge is -2.27. The first-order valence-corrected chi connectivity index (χ1v) is 6.02. The van der Waals surface area contributed by atoms with E-state index in [2.05, 4.69) is 4.72 Å². The number of nitrogens with one attached hydrogen (secondary N) is 1. The molecule has 0 aliphatic heterocycles. The second kappa shape index (κ2) is 3.49. The summed E-state index contributed by atoms with van der Waals surface area (Å²) in [5.41, 5.74) is -1.49. The molecule has 0 aromatic heterocycles. The van der Waals surface area contributed by atoms with Crippen molar-refractivity contribution in [3.63, 3.8) is 0 Å². The van der Waals surface area contributed by atoms with Crippen LogP contribution in [0.1, 0.15) is 25.7 Å². The summed E-state index contributed by atoms with van der Waals surface area (Å²) in [6, 6.07) is 0. The Balaban J connectivity index is 2.80. The van der Waals surface area contributed by atoms with Crippen molar-refractivity contribution in [2.24, 2.45) is 0 Å². The van der Waals surface area contributed by atoms with Crippen LogP contribution in [-0.4, -0.2) is 26.6 Å². The van der Waals surface area contributed by atoms with E-state index in [0.29, 0.717) is 12.8 Å². The molecule has 78 valence electrons. The van der Waals surface area contributed by atoms with Gasteiger partial charge in [-0.3, -0.25) is 0 Å². The van der Waals surface area contributed by atoms with Gasteiger partial charge in [0, 0.05) is 0 Å². The fraction of sp³-hybridized carbons (Fsp3) is 1.00. The van der Waals surface area contributed by atoms with Crippen LogP contribution in [0.15, 0.2) is 0 Å². The zero-order valence-corrected chi connectivity index (χ0v) is 8.20. The highest BCUT2D eigenvalue weighted by atomic mass is 32.2. The predicted octanol–water partition coefficient (Wildman–Crippen LogP) is 1.11. The van der Waals surface area contributed by atoms with E-state index in [-0.39, 0.29) is 12.8 Å². The quantitative estimate of drug-likeness (QED) is 0.763. The molecule has 1 aliphatic rings. The average Bonchev–Trinajstić information content (AvgIpc) is 2.33. The second-order valence-electron chi connectivity index (χ2n) is 3.54. The lowest BCUT2D eigenvalue weighted by Crippen LogP contribution is -2.51. The van der Waals surface area contributed by atoms with Gasteiger partial charge in [0.2, 0.25) is 10.0 Å². The molecule has 6 heteroatoms. The van der Waals surface area contributed by atoms with Crippen molar-refractivity contribution in [3.05, 3.63) is 0 Å². The summed E-state index contributed by atoms with van der Waals surface area (Å²) in [4.78, 5) is 0. The van der Waals surface area contributed by atoms with Gasteiger partial charge >= 0.3 is 0 Å². The van der Waals surface area contributed by atoms with E-state index >= 15 is 0 Å². The van der Waals surface area contributed by atoms with Gasteiger partial charge in [-0.15, -0.1) is 0 Å². The Kier molecular flexibility index (Phi) is 2.91. The Labute approximate surface area is 76.6 Å². The molecule has 0 amide bonds. The van der Waals surface area contributed by atoms with Crippen molar-refractivity contribution in [2.75, 3.05) is 6.26 Å². The van der Waals surface area contributed by atoms with Gasteiger partial charge in [-0.1, -0.05) is 12.8 Å². The van der Waals surface area contributed by atoms with Crippen molar-refractivity contribution >= 4 is 10.0 Å². The molecule has 1 saturated carbocycles. The van der Waals surface area contributed by atoms with Crippen molar-refractivity contribution < 1.29 is 17.2 Å². The largest absolute Gasteiger partial charge is 0.257 e. The van der Waals surface area contributed by atoms with Gasteiger partial charge in [-0.2, -0.15) is 0 Å². The Morgan fingerprint density at radius 1 is 1.31 bits per heavy atom.